The monoisotopic (exact) mass is 401 g/mol. The summed E-state index contributed by atoms with van der Waals surface area (Å²) in [4.78, 5) is 28.6. The number of carbonyl (C=O) groups excluding carboxylic acids is 1. The van der Waals surface area contributed by atoms with E-state index in [4.69, 9.17) is 4.98 Å². The highest BCUT2D eigenvalue weighted by molar-refractivity contribution is 5.76. The molecule has 3 aromatic rings. The first-order valence-corrected chi connectivity index (χ1v) is 10.5. The zero-order chi connectivity index (χ0) is 20.8. The highest BCUT2D eigenvalue weighted by Gasteiger charge is 2.50. The third kappa shape index (κ3) is 3.07. The summed E-state index contributed by atoms with van der Waals surface area (Å²) in [7, 11) is 3.67. The summed E-state index contributed by atoms with van der Waals surface area (Å²) < 4.78 is 0. The minimum absolute atomic E-state index is 0.0875. The molecule has 0 bridgehead atoms. The minimum Gasteiger partial charge on any atom is -0.355 e. The molecule has 6 nitrogen and oxygen atoms in total. The Kier molecular flexibility index (Phi) is 4.57. The lowest BCUT2D eigenvalue weighted by Gasteiger charge is -2.32. The first kappa shape index (κ1) is 18.9. The van der Waals surface area contributed by atoms with Crippen LogP contribution in [0.2, 0.25) is 0 Å². The molecule has 2 aliphatic rings. The standard InChI is InChI=1S/C24H27N5O/c1-16-8-4-5-9-18(16)23-19-15-28(13-17(19)14-29(23)24(30)27(2)3)22-12-25-20-10-6-7-11-21(20)26-22/h4-12,17,19,23H,13-15H2,1-3H3/t17-,19-,23+/m1/s1. The number of rotatable bonds is 2. The minimum atomic E-state index is 0.0875. The van der Waals surface area contributed by atoms with Gasteiger partial charge in [0.1, 0.15) is 5.82 Å². The van der Waals surface area contributed by atoms with Crippen molar-refractivity contribution in [2.45, 2.75) is 13.0 Å². The number of aromatic nitrogens is 2. The second-order valence-corrected chi connectivity index (χ2v) is 8.68. The van der Waals surface area contributed by atoms with E-state index in [2.05, 4.69) is 46.0 Å². The zero-order valence-electron chi connectivity index (χ0n) is 17.7. The molecule has 3 atom stereocenters. The van der Waals surface area contributed by atoms with Crippen molar-refractivity contribution in [3.63, 3.8) is 0 Å². The van der Waals surface area contributed by atoms with Gasteiger partial charge in [-0.3, -0.25) is 4.98 Å². The van der Waals surface area contributed by atoms with Crippen LogP contribution in [0, 0.1) is 18.8 Å². The molecule has 2 amide bonds. The Morgan fingerprint density at radius 3 is 2.50 bits per heavy atom. The molecule has 0 N–H and O–H groups in total. The van der Waals surface area contributed by atoms with Crippen LogP contribution in [0.15, 0.2) is 54.7 Å². The average molecular weight is 402 g/mol. The second-order valence-electron chi connectivity index (χ2n) is 8.68. The largest absolute Gasteiger partial charge is 0.355 e. The predicted molar refractivity (Wildman–Crippen MR) is 118 cm³/mol. The number of fused-ring (bicyclic) bond motifs is 2. The topological polar surface area (TPSA) is 52.6 Å². The quantitative estimate of drug-likeness (QED) is 0.657. The fourth-order valence-electron chi connectivity index (χ4n) is 5.10. The molecule has 2 aliphatic heterocycles. The summed E-state index contributed by atoms with van der Waals surface area (Å²) in [6, 6.07) is 16.6. The van der Waals surface area contributed by atoms with E-state index in [-0.39, 0.29) is 12.1 Å². The number of hydrogen-bond acceptors (Lipinski definition) is 4. The van der Waals surface area contributed by atoms with Gasteiger partial charge in [-0.2, -0.15) is 0 Å². The van der Waals surface area contributed by atoms with E-state index < -0.39 is 0 Å². The van der Waals surface area contributed by atoms with E-state index in [9.17, 15) is 4.79 Å². The summed E-state index contributed by atoms with van der Waals surface area (Å²) in [5.74, 6) is 1.73. The molecule has 2 saturated heterocycles. The van der Waals surface area contributed by atoms with Gasteiger partial charge in [-0.05, 0) is 30.2 Å². The third-order valence-corrected chi connectivity index (χ3v) is 6.56. The van der Waals surface area contributed by atoms with Gasteiger partial charge in [0.15, 0.2) is 0 Å². The summed E-state index contributed by atoms with van der Waals surface area (Å²) in [6.45, 7) is 4.70. The first-order valence-electron chi connectivity index (χ1n) is 10.5. The van der Waals surface area contributed by atoms with Gasteiger partial charge in [0.25, 0.3) is 0 Å². The molecule has 0 aliphatic carbocycles. The summed E-state index contributed by atoms with van der Waals surface area (Å²) in [5.41, 5.74) is 4.34. The summed E-state index contributed by atoms with van der Waals surface area (Å²) in [6.07, 6.45) is 1.88. The van der Waals surface area contributed by atoms with Crippen molar-refractivity contribution < 1.29 is 4.79 Å². The predicted octanol–water partition coefficient (Wildman–Crippen LogP) is 3.73. The normalized spacial score (nSPS) is 23.1. The van der Waals surface area contributed by atoms with Gasteiger partial charge < -0.3 is 14.7 Å². The Hall–Kier alpha value is -3.15. The smallest absolute Gasteiger partial charge is 0.320 e. The van der Waals surface area contributed by atoms with E-state index in [0.717, 1.165) is 36.5 Å². The van der Waals surface area contributed by atoms with Gasteiger partial charge in [0.05, 0.1) is 23.3 Å². The Morgan fingerprint density at radius 2 is 1.73 bits per heavy atom. The number of aryl methyl sites for hydroxylation is 1. The van der Waals surface area contributed by atoms with Crippen molar-refractivity contribution in [3.8, 4) is 0 Å². The Labute approximate surface area is 177 Å². The molecule has 2 aromatic carbocycles. The number of urea groups is 1. The van der Waals surface area contributed by atoms with Gasteiger partial charge in [0.2, 0.25) is 0 Å². The summed E-state index contributed by atoms with van der Waals surface area (Å²) in [5, 5.41) is 0. The number of hydrogen-bond donors (Lipinski definition) is 0. The molecule has 6 heteroatoms. The van der Waals surface area contributed by atoms with Crippen LogP contribution in [-0.2, 0) is 0 Å². The lowest BCUT2D eigenvalue weighted by molar-refractivity contribution is 0.159. The highest BCUT2D eigenvalue weighted by atomic mass is 16.2. The molecule has 1 aromatic heterocycles. The Balaban J connectivity index is 1.48. The van der Waals surface area contributed by atoms with Crippen LogP contribution in [0.25, 0.3) is 11.0 Å². The maximum absolute atomic E-state index is 13.0. The third-order valence-electron chi connectivity index (χ3n) is 6.56. The number of carbonyl (C=O) groups is 1. The number of likely N-dealkylation sites (tertiary alicyclic amines) is 1. The van der Waals surface area contributed by atoms with Crippen LogP contribution < -0.4 is 4.90 Å². The average Bonchev–Trinajstić information content (AvgIpc) is 3.31. The molecule has 3 heterocycles. The molecule has 0 radical (unpaired) electrons. The molecule has 154 valence electrons. The lowest BCUT2D eigenvalue weighted by atomic mass is 9.88. The molecule has 0 spiro atoms. The van der Waals surface area contributed by atoms with Crippen LogP contribution in [-0.4, -0.2) is 59.5 Å². The lowest BCUT2D eigenvalue weighted by Crippen LogP contribution is -2.41. The number of para-hydroxylation sites is 2. The van der Waals surface area contributed by atoms with E-state index in [1.165, 1.54) is 11.1 Å². The van der Waals surface area contributed by atoms with E-state index in [0.29, 0.717) is 11.8 Å². The number of amides is 2. The van der Waals surface area contributed by atoms with Crippen molar-refractivity contribution in [2.24, 2.45) is 11.8 Å². The van der Waals surface area contributed by atoms with Gasteiger partial charge in [-0.1, -0.05) is 36.4 Å². The van der Waals surface area contributed by atoms with E-state index in [1.807, 2.05) is 44.6 Å². The molecule has 0 saturated carbocycles. The van der Waals surface area contributed by atoms with Crippen molar-refractivity contribution in [3.05, 3.63) is 65.9 Å². The maximum Gasteiger partial charge on any atom is 0.320 e. The van der Waals surface area contributed by atoms with Crippen molar-refractivity contribution in [2.75, 3.05) is 38.6 Å². The van der Waals surface area contributed by atoms with E-state index in [1.54, 1.807) is 4.90 Å². The first-order chi connectivity index (χ1) is 14.5. The zero-order valence-corrected chi connectivity index (χ0v) is 17.7. The molecule has 2 fully saturated rings. The number of benzene rings is 2. The maximum atomic E-state index is 13.0. The molecular weight excluding hydrogens is 374 g/mol. The summed E-state index contributed by atoms with van der Waals surface area (Å²) >= 11 is 0. The van der Waals surface area contributed by atoms with Gasteiger partial charge >= 0.3 is 6.03 Å². The Bertz CT molecular complexity index is 1100. The SMILES string of the molecule is Cc1ccccc1[C@H]1[C@@H]2CN(c3cnc4ccccc4n3)C[C@@H]2CN1C(=O)N(C)C. The fraction of sp³-hybridized carbons (Fsp3) is 0.375. The van der Waals surface area contributed by atoms with Gasteiger partial charge in [-0.15, -0.1) is 0 Å². The molecular formula is C24H27N5O. The van der Waals surface area contributed by atoms with Crippen LogP contribution in [0.4, 0.5) is 10.6 Å². The van der Waals surface area contributed by atoms with Crippen LogP contribution in [0.1, 0.15) is 17.2 Å². The molecule has 30 heavy (non-hydrogen) atoms. The van der Waals surface area contributed by atoms with Crippen LogP contribution >= 0.6 is 0 Å². The number of anilines is 1. The van der Waals surface area contributed by atoms with Crippen molar-refractivity contribution in [1.29, 1.82) is 0 Å². The van der Waals surface area contributed by atoms with Crippen LogP contribution in [0.3, 0.4) is 0 Å². The van der Waals surface area contributed by atoms with Crippen molar-refractivity contribution >= 4 is 22.9 Å². The van der Waals surface area contributed by atoms with Crippen molar-refractivity contribution in [1.82, 2.24) is 19.8 Å². The van der Waals surface area contributed by atoms with E-state index >= 15 is 0 Å². The Morgan fingerprint density at radius 1 is 1.00 bits per heavy atom. The van der Waals surface area contributed by atoms with Crippen LogP contribution in [0.5, 0.6) is 0 Å². The number of nitrogens with zero attached hydrogens (tertiary/aromatic N) is 5. The molecule has 0 unspecified atom stereocenters. The fourth-order valence-corrected chi connectivity index (χ4v) is 5.10. The highest BCUT2D eigenvalue weighted by Crippen LogP contribution is 2.46. The van der Waals surface area contributed by atoms with Gasteiger partial charge in [-0.25, -0.2) is 9.78 Å². The second kappa shape index (κ2) is 7.27. The van der Waals surface area contributed by atoms with Gasteiger partial charge in [0, 0.05) is 45.6 Å². The molecule has 5 rings (SSSR count).